The highest BCUT2D eigenvalue weighted by Crippen LogP contribution is 2.32. The van der Waals surface area contributed by atoms with E-state index in [-0.39, 0.29) is 11.1 Å². The van der Waals surface area contributed by atoms with Crippen molar-refractivity contribution in [1.82, 2.24) is 5.32 Å². The molecule has 19 heavy (non-hydrogen) atoms. The highest BCUT2D eigenvalue weighted by Gasteiger charge is 2.40. The lowest BCUT2D eigenvalue weighted by atomic mass is 9.79. The van der Waals surface area contributed by atoms with Crippen LogP contribution in [-0.2, 0) is 4.74 Å². The molecule has 3 heteroatoms. The summed E-state index contributed by atoms with van der Waals surface area (Å²) in [6.07, 6.45) is 2.02. The van der Waals surface area contributed by atoms with Crippen LogP contribution in [0.25, 0.3) is 0 Å². The van der Waals surface area contributed by atoms with Gasteiger partial charge in [-0.1, -0.05) is 27.7 Å². The summed E-state index contributed by atoms with van der Waals surface area (Å²) in [5.41, 5.74) is 6.08. The molecule has 1 saturated heterocycles. The van der Waals surface area contributed by atoms with Gasteiger partial charge in [-0.25, -0.2) is 0 Å². The van der Waals surface area contributed by atoms with E-state index in [0.29, 0.717) is 24.3 Å². The van der Waals surface area contributed by atoms with Crippen LogP contribution in [0.2, 0.25) is 0 Å². The lowest BCUT2D eigenvalue weighted by Crippen LogP contribution is -2.60. The van der Waals surface area contributed by atoms with Gasteiger partial charge in [-0.15, -0.1) is 0 Å². The van der Waals surface area contributed by atoms with Crippen LogP contribution in [0.4, 0.5) is 0 Å². The van der Waals surface area contributed by atoms with E-state index >= 15 is 0 Å². The molecule has 0 aromatic carbocycles. The Balaban J connectivity index is 2.66. The molecule has 0 aliphatic carbocycles. The van der Waals surface area contributed by atoms with Gasteiger partial charge in [0.25, 0.3) is 0 Å². The van der Waals surface area contributed by atoms with Gasteiger partial charge in [0.1, 0.15) is 0 Å². The van der Waals surface area contributed by atoms with Gasteiger partial charge in [0.2, 0.25) is 0 Å². The molecule has 1 aliphatic heterocycles. The average molecular weight is 270 g/mol. The molecule has 0 radical (unpaired) electrons. The summed E-state index contributed by atoms with van der Waals surface area (Å²) < 4.78 is 5.83. The molecule has 1 rings (SSSR count). The van der Waals surface area contributed by atoms with E-state index in [2.05, 4.69) is 46.9 Å². The van der Waals surface area contributed by atoms with E-state index in [1.807, 2.05) is 0 Å². The molecule has 3 N–H and O–H groups in total. The number of hydrogen-bond donors (Lipinski definition) is 2. The van der Waals surface area contributed by atoms with Crippen molar-refractivity contribution in [3.63, 3.8) is 0 Å². The second-order valence-electron chi connectivity index (χ2n) is 7.55. The highest BCUT2D eigenvalue weighted by atomic mass is 16.5. The van der Waals surface area contributed by atoms with Crippen molar-refractivity contribution in [1.29, 1.82) is 0 Å². The monoisotopic (exact) mass is 270 g/mol. The third kappa shape index (κ3) is 4.73. The molecule has 3 nitrogen and oxygen atoms in total. The van der Waals surface area contributed by atoms with Gasteiger partial charge in [0, 0.05) is 18.7 Å². The molecule has 1 aliphatic rings. The number of hydrogen-bond acceptors (Lipinski definition) is 3. The second kappa shape index (κ2) is 6.55. The fourth-order valence-corrected chi connectivity index (χ4v) is 3.45. The van der Waals surface area contributed by atoms with Crippen molar-refractivity contribution in [2.45, 2.75) is 65.5 Å². The standard InChI is InChI=1S/C16H34N2O/c1-12(2)14(13(3)4)9-18-16(11-17)7-8-19-15(5,6)10-16/h12-14,18H,7-11,17H2,1-6H3. The normalized spacial score (nSPS) is 27.5. The summed E-state index contributed by atoms with van der Waals surface area (Å²) in [5, 5.41) is 3.80. The smallest absolute Gasteiger partial charge is 0.0644 e. The van der Waals surface area contributed by atoms with Crippen LogP contribution < -0.4 is 11.1 Å². The third-order valence-corrected chi connectivity index (χ3v) is 4.65. The molecule has 1 fully saturated rings. The average Bonchev–Trinajstić information content (AvgIpc) is 2.26. The van der Waals surface area contributed by atoms with E-state index in [1.54, 1.807) is 0 Å². The quantitative estimate of drug-likeness (QED) is 0.780. The minimum atomic E-state index is -0.0597. The molecule has 0 spiro atoms. The van der Waals surface area contributed by atoms with Crippen LogP contribution in [-0.4, -0.2) is 30.8 Å². The van der Waals surface area contributed by atoms with Crippen molar-refractivity contribution < 1.29 is 4.74 Å². The number of nitrogens with one attached hydrogen (secondary N) is 1. The fourth-order valence-electron chi connectivity index (χ4n) is 3.45. The largest absolute Gasteiger partial charge is 0.375 e. The predicted molar refractivity (Wildman–Crippen MR) is 82.2 cm³/mol. The van der Waals surface area contributed by atoms with Gasteiger partial charge in [0.15, 0.2) is 0 Å². The van der Waals surface area contributed by atoms with E-state index < -0.39 is 0 Å². The van der Waals surface area contributed by atoms with Crippen LogP contribution in [0.1, 0.15) is 54.4 Å². The van der Waals surface area contributed by atoms with Gasteiger partial charge < -0.3 is 15.8 Å². The Hall–Kier alpha value is -0.120. The maximum absolute atomic E-state index is 6.08. The van der Waals surface area contributed by atoms with Gasteiger partial charge in [-0.2, -0.15) is 0 Å². The SMILES string of the molecule is CC(C)C(CNC1(CN)CCOC(C)(C)C1)C(C)C. The molecule has 1 unspecified atom stereocenters. The first-order valence-electron chi connectivity index (χ1n) is 7.80. The number of rotatable bonds is 6. The third-order valence-electron chi connectivity index (χ3n) is 4.65. The molecular formula is C16H34N2O. The zero-order valence-corrected chi connectivity index (χ0v) is 13.8. The summed E-state index contributed by atoms with van der Waals surface area (Å²) in [7, 11) is 0. The summed E-state index contributed by atoms with van der Waals surface area (Å²) in [6, 6.07) is 0. The lowest BCUT2D eigenvalue weighted by molar-refractivity contribution is -0.0867. The van der Waals surface area contributed by atoms with Crippen molar-refractivity contribution >= 4 is 0 Å². The van der Waals surface area contributed by atoms with Crippen LogP contribution in [0, 0.1) is 17.8 Å². The topological polar surface area (TPSA) is 47.3 Å². The second-order valence-corrected chi connectivity index (χ2v) is 7.55. The molecule has 114 valence electrons. The molecule has 1 heterocycles. The first-order chi connectivity index (χ1) is 8.71. The number of ether oxygens (including phenoxy) is 1. The van der Waals surface area contributed by atoms with Gasteiger partial charge >= 0.3 is 0 Å². The first kappa shape index (κ1) is 16.9. The van der Waals surface area contributed by atoms with Crippen molar-refractivity contribution in [3.05, 3.63) is 0 Å². The van der Waals surface area contributed by atoms with Crippen molar-refractivity contribution in [2.75, 3.05) is 19.7 Å². The minimum absolute atomic E-state index is 0.0593. The summed E-state index contributed by atoms with van der Waals surface area (Å²) >= 11 is 0. The van der Waals surface area contributed by atoms with E-state index in [1.165, 1.54) is 0 Å². The molecule has 0 aromatic heterocycles. The molecule has 0 bridgehead atoms. The van der Waals surface area contributed by atoms with Gasteiger partial charge in [-0.05, 0) is 51.0 Å². The summed E-state index contributed by atoms with van der Waals surface area (Å²) in [5.74, 6) is 2.11. The molecule has 0 aromatic rings. The Morgan fingerprint density at radius 3 is 2.16 bits per heavy atom. The Labute approximate surface area is 119 Å². The van der Waals surface area contributed by atoms with Gasteiger partial charge in [-0.3, -0.25) is 0 Å². The zero-order valence-electron chi connectivity index (χ0n) is 13.8. The molecule has 0 saturated carbocycles. The van der Waals surface area contributed by atoms with Crippen molar-refractivity contribution in [2.24, 2.45) is 23.5 Å². The van der Waals surface area contributed by atoms with Crippen LogP contribution in [0.5, 0.6) is 0 Å². The Bertz CT molecular complexity index is 268. The van der Waals surface area contributed by atoms with Crippen LogP contribution in [0.3, 0.4) is 0 Å². The maximum atomic E-state index is 6.08. The highest BCUT2D eigenvalue weighted by molar-refractivity contribution is 4.98. The van der Waals surface area contributed by atoms with E-state index in [9.17, 15) is 0 Å². The van der Waals surface area contributed by atoms with E-state index in [0.717, 1.165) is 26.0 Å². The predicted octanol–water partition coefficient (Wildman–Crippen LogP) is 2.79. The Morgan fingerprint density at radius 2 is 1.74 bits per heavy atom. The fraction of sp³-hybridized carbons (Fsp3) is 1.00. The lowest BCUT2D eigenvalue weighted by Gasteiger charge is -2.46. The maximum Gasteiger partial charge on any atom is 0.0644 e. The number of nitrogens with two attached hydrogens (primary N) is 1. The zero-order chi connectivity index (χ0) is 14.7. The summed E-state index contributed by atoms with van der Waals surface area (Å²) in [4.78, 5) is 0. The summed E-state index contributed by atoms with van der Waals surface area (Å²) in [6.45, 7) is 16.2. The Kier molecular flexibility index (Phi) is 5.84. The minimum Gasteiger partial charge on any atom is -0.375 e. The van der Waals surface area contributed by atoms with Crippen molar-refractivity contribution in [3.8, 4) is 0 Å². The van der Waals surface area contributed by atoms with Crippen LogP contribution >= 0.6 is 0 Å². The molecule has 0 amide bonds. The van der Waals surface area contributed by atoms with Gasteiger partial charge in [0.05, 0.1) is 5.60 Å². The Morgan fingerprint density at radius 1 is 1.16 bits per heavy atom. The first-order valence-corrected chi connectivity index (χ1v) is 7.80. The molecule has 1 atom stereocenters. The van der Waals surface area contributed by atoms with Crippen LogP contribution in [0.15, 0.2) is 0 Å². The van der Waals surface area contributed by atoms with E-state index in [4.69, 9.17) is 10.5 Å². The molecular weight excluding hydrogens is 236 g/mol.